The van der Waals surface area contributed by atoms with Crippen LogP contribution in [0.1, 0.15) is 23.1 Å². The number of benzene rings is 2. The van der Waals surface area contributed by atoms with Gasteiger partial charge >= 0.3 is 5.97 Å². The lowest BCUT2D eigenvalue weighted by Gasteiger charge is -2.17. The van der Waals surface area contributed by atoms with E-state index in [4.69, 9.17) is 5.11 Å². The van der Waals surface area contributed by atoms with Gasteiger partial charge in [0, 0.05) is 5.69 Å². The van der Waals surface area contributed by atoms with Gasteiger partial charge in [0.25, 0.3) is 5.91 Å². The van der Waals surface area contributed by atoms with Gasteiger partial charge in [-0.25, -0.2) is 4.90 Å². The van der Waals surface area contributed by atoms with Crippen LogP contribution in [0, 0.1) is 13.8 Å². The van der Waals surface area contributed by atoms with Gasteiger partial charge in [-0.3, -0.25) is 14.4 Å². The van der Waals surface area contributed by atoms with Crippen molar-refractivity contribution in [2.75, 3.05) is 10.2 Å². The number of carboxylic acid groups (broad SMARTS) is 1. The van der Waals surface area contributed by atoms with Crippen LogP contribution in [0.25, 0.3) is 0 Å². The molecule has 2 amide bonds. The summed E-state index contributed by atoms with van der Waals surface area (Å²) in [4.78, 5) is 37.0. The predicted octanol–water partition coefficient (Wildman–Crippen LogP) is 2.67. The minimum atomic E-state index is -0.927. The van der Waals surface area contributed by atoms with E-state index in [2.05, 4.69) is 5.32 Å². The molecule has 0 saturated carbocycles. The van der Waals surface area contributed by atoms with Crippen molar-refractivity contribution in [3.63, 3.8) is 0 Å². The quantitative estimate of drug-likeness (QED) is 0.808. The average Bonchev–Trinajstić information content (AvgIpc) is 2.84. The first kappa shape index (κ1) is 17.7. The van der Waals surface area contributed by atoms with Crippen molar-refractivity contribution in [3.8, 4) is 0 Å². The van der Waals surface area contributed by atoms with Crippen LogP contribution in [0.15, 0.2) is 42.5 Å². The van der Waals surface area contributed by atoms with Crippen LogP contribution in [0.3, 0.4) is 0 Å². The molecule has 1 saturated heterocycles. The Kier molecular flexibility index (Phi) is 4.75. The number of carbonyl (C=O) groups excluding carboxylic acids is 2. The number of imide groups is 1. The smallest absolute Gasteiger partial charge is 0.307 e. The van der Waals surface area contributed by atoms with E-state index in [1.165, 1.54) is 0 Å². The van der Waals surface area contributed by atoms with Crippen LogP contribution in [0.4, 0.5) is 11.4 Å². The third kappa shape index (κ3) is 3.59. The third-order valence-corrected chi connectivity index (χ3v) is 4.41. The molecule has 0 aliphatic carbocycles. The van der Waals surface area contributed by atoms with Gasteiger partial charge in [-0.05, 0) is 43.2 Å². The summed E-state index contributed by atoms with van der Waals surface area (Å²) in [5, 5.41) is 12.0. The summed E-state index contributed by atoms with van der Waals surface area (Å²) in [7, 11) is 0. The number of aliphatic carboxylic acids is 1. The number of hydrogen-bond donors (Lipinski definition) is 2. The zero-order valence-corrected chi connectivity index (χ0v) is 14.7. The van der Waals surface area contributed by atoms with E-state index >= 15 is 0 Å². The molecule has 6 nitrogen and oxygen atoms in total. The fourth-order valence-electron chi connectivity index (χ4n) is 3.12. The second-order valence-electron chi connectivity index (χ2n) is 6.52. The Hall–Kier alpha value is -3.15. The summed E-state index contributed by atoms with van der Waals surface area (Å²) >= 11 is 0. The highest BCUT2D eigenvalue weighted by Gasteiger charge is 2.39. The summed E-state index contributed by atoms with van der Waals surface area (Å²) in [6.07, 6.45) is -0.0118. The molecule has 2 aromatic carbocycles. The number of carboxylic acids is 1. The molecule has 1 atom stereocenters. The fourth-order valence-corrected chi connectivity index (χ4v) is 3.12. The molecule has 134 valence electrons. The monoisotopic (exact) mass is 352 g/mol. The molecule has 1 aliphatic rings. The van der Waals surface area contributed by atoms with Crippen molar-refractivity contribution in [3.05, 3.63) is 59.2 Å². The molecular formula is C20H20N2O4. The lowest BCUT2D eigenvalue weighted by Crippen LogP contribution is -2.34. The minimum Gasteiger partial charge on any atom is -0.481 e. The SMILES string of the molecule is Cc1ccc(NC2CC(=O)N(c3ccc(CC(=O)O)cc3)C2=O)c(C)c1. The van der Waals surface area contributed by atoms with E-state index < -0.39 is 12.0 Å². The van der Waals surface area contributed by atoms with Gasteiger partial charge < -0.3 is 10.4 Å². The van der Waals surface area contributed by atoms with Crippen molar-refractivity contribution in [2.45, 2.75) is 32.7 Å². The molecule has 3 rings (SSSR count). The summed E-state index contributed by atoms with van der Waals surface area (Å²) in [5.41, 5.74) is 4.05. The summed E-state index contributed by atoms with van der Waals surface area (Å²) in [5.74, 6) is -1.51. The van der Waals surface area contributed by atoms with Gasteiger partial charge in [-0.2, -0.15) is 0 Å². The molecule has 1 heterocycles. The van der Waals surface area contributed by atoms with E-state index in [0.29, 0.717) is 11.3 Å². The molecular weight excluding hydrogens is 332 g/mol. The number of nitrogens with one attached hydrogen (secondary N) is 1. The molecule has 0 spiro atoms. The van der Waals surface area contributed by atoms with Gasteiger partial charge in [0.05, 0.1) is 18.5 Å². The molecule has 0 radical (unpaired) electrons. The van der Waals surface area contributed by atoms with Crippen LogP contribution in [0.2, 0.25) is 0 Å². The van der Waals surface area contributed by atoms with E-state index in [-0.39, 0.29) is 24.7 Å². The molecule has 1 fully saturated rings. The van der Waals surface area contributed by atoms with Crippen molar-refractivity contribution < 1.29 is 19.5 Å². The van der Waals surface area contributed by atoms with Gasteiger partial charge in [0.2, 0.25) is 5.91 Å². The Morgan fingerprint density at radius 3 is 2.46 bits per heavy atom. The number of aryl methyl sites for hydroxylation is 2. The standard InChI is InChI=1S/C20H20N2O4/c1-12-3-8-16(13(2)9-12)21-17-11-18(23)22(20(17)26)15-6-4-14(5-7-15)10-19(24)25/h3-9,17,21H,10-11H2,1-2H3,(H,24,25). The Bertz CT molecular complexity index is 874. The largest absolute Gasteiger partial charge is 0.481 e. The lowest BCUT2D eigenvalue weighted by atomic mass is 10.1. The van der Waals surface area contributed by atoms with Gasteiger partial charge in [-0.15, -0.1) is 0 Å². The van der Waals surface area contributed by atoms with E-state index in [9.17, 15) is 14.4 Å². The van der Waals surface area contributed by atoms with Crippen LogP contribution in [-0.4, -0.2) is 28.9 Å². The summed E-state index contributed by atoms with van der Waals surface area (Å²) in [6.45, 7) is 3.95. The van der Waals surface area contributed by atoms with E-state index in [1.54, 1.807) is 24.3 Å². The predicted molar refractivity (Wildman–Crippen MR) is 98.2 cm³/mol. The zero-order chi connectivity index (χ0) is 18.8. The second kappa shape index (κ2) is 7.00. The first-order valence-corrected chi connectivity index (χ1v) is 8.36. The van der Waals surface area contributed by atoms with Crippen molar-refractivity contribution in [1.29, 1.82) is 0 Å². The number of hydrogen-bond acceptors (Lipinski definition) is 4. The molecule has 6 heteroatoms. The second-order valence-corrected chi connectivity index (χ2v) is 6.52. The number of anilines is 2. The van der Waals surface area contributed by atoms with E-state index in [0.717, 1.165) is 21.7 Å². The summed E-state index contributed by atoms with van der Waals surface area (Å²) in [6, 6.07) is 11.7. The topological polar surface area (TPSA) is 86.7 Å². The number of carbonyl (C=O) groups is 3. The van der Waals surface area contributed by atoms with Gasteiger partial charge in [0.15, 0.2) is 0 Å². The zero-order valence-electron chi connectivity index (χ0n) is 14.7. The number of rotatable bonds is 5. The lowest BCUT2D eigenvalue weighted by molar-refractivity contribution is -0.136. The highest BCUT2D eigenvalue weighted by atomic mass is 16.4. The highest BCUT2D eigenvalue weighted by Crippen LogP contribution is 2.26. The van der Waals surface area contributed by atoms with Crippen LogP contribution >= 0.6 is 0 Å². The normalized spacial score (nSPS) is 16.8. The van der Waals surface area contributed by atoms with Gasteiger partial charge in [0.1, 0.15) is 6.04 Å². The van der Waals surface area contributed by atoms with Gasteiger partial charge in [-0.1, -0.05) is 29.8 Å². The van der Waals surface area contributed by atoms with Crippen LogP contribution < -0.4 is 10.2 Å². The average molecular weight is 352 g/mol. The molecule has 0 bridgehead atoms. The van der Waals surface area contributed by atoms with Crippen LogP contribution in [0.5, 0.6) is 0 Å². The fraction of sp³-hybridized carbons (Fsp3) is 0.250. The first-order valence-electron chi connectivity index (χ1n) is 8.36. The van der Waals surface area contributed by atoms with E-state index in [1.807, 2.05) is 32.0 Å². The minimum absolute atomic E-state index is 0.0863. The van der Waals surface area contributed by atoms with Crippen molar-refractivity contribution in [1.82, 2.24) is 0 Å². The van der Waals surface area contributed by atoms with Crippen molar-refractivity contribution >= 4 is 29.2 Å². The van der Waals surface area contributed by atoms with Crippen molar-refractivity contribution in [2.24, 2.45) is 0 Å². The Morgan fingerprint density at radius 1 is 1.15 bits per heavy atom. The maximum absolute atomic E-state index is 12.7. The van der Waals surface area contributed by atoms with Crippen LogP contribution in [-0.2, 0) is 20.8 Å². The molecule has 2 N–H and O–H groups in total. The molecule has 1 aliphatic heterocycles. The maximum atomic E-state index is 12.7. The molecule has 0 aromatic heterocycles. The molecule has 1 unspecified atom stereocenters. The maximum Gasteiger partial charge on any atom is 0.307 e. The third-order valence-electron chi connectivity index (χ3n) is 4.41. The summed E-state index contributed by atoms with van der Waals surface area (Å²) < 4.78 is 0. The Morgan fingerprint density at radius 2 is 1.85 bits per heavy atom. The number of nitrogens with zero attached hydrogens (tertiary/aromatic N) is 1. The Labute approximate surface area is 151 Å². The highest BCUT2D eigenvalue weighted by molar-refractivity contribution is 6.23. The number of amides is 2. The first-order chi connectivity index (χ1) is 12.3. The molecule has 2 aromatic rings. The Balaban J connectivity index is 1.77. The molecule has 26 heavy (non-hydrogen) atoms.